The fraction of sp³-hybridized carbons (Fsp3) is 0.455. The van der Waals surface area contributed by atoms with Crippen molar-refractivity contribution in [1.29, 1.82) is 0 Å². The molecule has 2 atom stereocenters. The second-order valence-electron chi connectivity index (χ2n) is 8.25. The van der Waals surface area contributed by atoms with Gasteiger partial charge in [0.1, 0.15) is 0 Å². The van der Waals surface area contributed by atoms with E-state index >= 15 is 0 Å². The van der Waals surface area contributed by atoms with Gasteiger partial charge in [0.05, 0.1) is 0 Å². The topological polar surface area (TPSA) is 29.3 Å². The van der Waals surface area contributed by atoms with E-state index in [-0.39, 0.29) is 5.41 Å². The number of nitrogens with two attached hydrogens (primary N) is 1. The number of aryl methyl sites for hydroxylation is 1. The molecule has 3 rings (SSSR count). The minimum absolute atomic E-state index is 0.156. The summed E-state index contributed by atoms with van der Waals surface area (Å²) >= 11 is 0. The van der Waals surface area contributed by atoms with Gasteiger partial charge in [-0.25, -0.2) is 0 Å². The third-order valence-electron chi connectivity index (χ3n) is 5.36. The van der Waals surface area contributed by atoms with Crippen LogP contribution in [-0.2, 0) is 5.41 Å². The normalized spacial score (nSPS) is 21.6. The molecule has 0 fully saturated rings. The SMILES string of the molecule is Cc1cccc(C2CN(C)C(CN)c3cc(C(C)(C)C)ccc32)c1. The Labute approximate surface area is 146 Å². The van der Waals surface area contributed by atoms with Crippen molar-refractivity contribution in [3.63, 3.8) is 0 Å². The first-order valence-electron chi connectivity index (χ1n) is 8.92. The Hall–Kier alpha value is -1.64. The third-order valence-corrected chi connectivity index (χ3v) is 5.36. The molecule has 0 amide bonds. The molecule has 2 heteroatoms. The smallest absolute Gasteiger partial charge is 0.0470 e. The molecule has 2 aromatic rings. The van der Waals surface area contributed by atoms with Crippen LogP contribution >= 0.6 is 0 Å². The van der Waals surface area contributed by atoms with Gasteiger partial charge in [0, 0.05) is 25.0 Å². The van der Waals surface area contributed by atoms with E-state index in [4.69, 9.17) is 5.73 Å². The van der Waals surface area contributed by atoms with Crippen molar-refractivity contribution in [3.8, 4) is 0 Å². The predicted molar refractivity (Wildman–Crippen MR) is 103 cm³/mol. The summed E-state index contributed by atoms with van der Waals surface area (Å²) in [4.78, 5) is 2.42. The summed E-state index contributed by atoms with van der Waals surface area (Å²) in [6.45, 7) is 10.7. The molecule has 2 aromatic carbocycles. The monoisotopic (exact) mass is 322 g/mol. The molecular weight excluding hydrogens is 292 g/mol. The number of hydrogen-bond acceptors (Lipinski definition) is 2. The largest absolute Gasteiger partial charge is 0.329 e. The van der Waals surface area contributed by atoms with E-state index in [1.807, 2.05) is 0 Å². The van der Waals surface area contributed by atoms with Gasteiger partial charge in [-0.05, 0) is 41.6 Å². The number of fused-ring (bicyclic) bond motifs is 1. The van der Waals surface area contributed by atoms with Gasteiger partial charge in [0.15, 0.2) is 0 Å². The summed E-state index contributed by atoms with van der Waals surface area (Å²) < 4.78 is 0. The summed E-state index contributed by atoms with van der Waals surface area (Å²) in [7, 11) is 2.20. The van der Waals surface area contributed by atoms with Gasteiger partial charge in [-0.1, -0.05) is 68.8 Å². The first-order valence-corrected chi connectivity index (χ1v) is 8.92. The number of benzene rings is 2. The lowest BCUT2D eigenvalue weighted by Gasteiger charge is -2.40. The summed E-state index contributed by atoms with van der Waals surface area (Å²) in [5.41, 5.74) is 13.3. The lowest BCUT2D eigenvalue weighted by atomic mass is 9.77. The lowest BCUT2D eigenvalue weighted by molar-refractivity contribution is 0.223. The van der Waals surface area contributed by atoms with Gasteiger partial charge in [-0.3, -0.25) is 4.90 Å². The maximum Gasteiger partial charge on any atom is 0.0470 e. The average molecular weight is 322 g/mol. The molecule has 0 saturated heterocycles. The molecule has 24 heavy (non-hydrogen) atoms. The highest BCUT2D eigenvalue weighted by Gasteiger charge is 2.32. The summed E-state index contributed by atoms with van der Waals surface area (Å²) in [5, 5.41) is 0. The minimum atomic E-state index is 0.156. The molecule has 2 N–H and O–H groups in total. The first-order chi connectivity index (χ1) is 11.3. The van der Waals surface area contributed by atoms with Crippen molar-refractivity contribution in [2.24, 2.45) is 5.73 Å². The highest BCUT2D eigenvalue weighted by molar-refractivity contribution is 5.46. The lowest BCUT2D eigenvalue weighted by Crippen LogP contribution is -2.39. The van der Waals surface area contributed by atoms with Crippen molar-refractivity contribution in [2.75, 3.05) is 20.1 Å². The molecule has 0 aromatic heterocycles. The molecule has 0 aliphatic carbocycles. The zero-order valence-electron chi connectivity index (χ0n) is 15.6. The fourth-order valence-electron chi connectivity index (χ4n) is 3.88. The molecule has 0 saturated carbocycles. The Morgan fingerprint density at radius 2 is 1.83 bits per heavy atom. The van der Waals surface area contributed by atoms with E-state index in [0.717, 1.165) is 6.54 Å². The van der Waals surface area contributed by atoms with Crippen LogP contribution in [0.5, 0.6) is 0 Å². The van der Waals surface area contributed by atoms with Gasteiger partial charge in [-0.15, -0.1) is 0 Å². The van der Waals surface area contributed by atoms with Gasteiger partial charge in [-0.2, -0.15) is 0 Å². The van der Waals surface area contributed by atoms with Crippen LogP contribution in [0.4, 0.5) is 0 Å². The van der Waals surface area contributed by atoms with Gasteiger partial charge in [0.25, 0.3) is 0 Å². The summed E-state index contributed by atoms with van der Waals surface area (Å²) in [6.07, 6.45) is 0. The Bertz CT molecular complexity index is 727. The van der Waals surface area contributed by atoms with Crippen LogP contribution in [0.2, 0.25) is 0 Å². The van der Waals surface area contributed by atoms with Gasteiger partial charge in [0.2, 0.25) is 0 Å². The van der Waals surface area contributed by atoms with Crippen molar-refractivity contribution in [3.05, 3.63) is 70.3 Å². The molecule has 2 nitrogen and oxygen atoms in total. The molecule has 1 aliphatic rings. The van der Waals surface area contributed by atoms with E-state index in [2.05, 4.69) is 82.1 Å². The molecule has 0 bridgehead atoms. The minimum Gasteiger partial charge on any atom is -0.329 e. The van der Waals surface area contributed by atoms with Crippen molar-refractivity contribution >= 4 is 0 Å². The zero-order valence-corrected chi connectivity index (χ0v) is 15.6. The van der Waals surface area contributed by atoms with Crippen LogP contribution < -0.4 is 5.73 Å². The third kappa shape index (κ3) is 3.13. The van der Waals surface area contributed by atoms with Gasteiger partial charge < -0.3 is 5.73 Å². The summed E-state index contributed by atoms with van der Waals surface area (Å²) in [6, 6.07) is 16.3. The summed E-state index contributed by atoms with van der Waals surface area (Å²) in [5.74, 6) is 0.418. The second-order valence-corrected chi connectivity index (χ2v) is 8.25. The highest BCUT2D eigenvalue weighted by atomic mass is 15.1. The quantitative estimate of drug-likeness (QED) is 0.889. The molecule has 1 aliphatic heterocycles. The molecular formula is C22H30N2. The van der Waals surface area contributed by atoms with E-state index in [1.54, 1.807) is 0 Å². The zero-order chi connectivity index (χ0) is 17.5. The first kappa shape index (κ1) is 17.2. The average Bonchev–Trinajstić information content (AvgIpc) is 2.52. The molecule has 128 valence electrons. The maximum absolute atomic E-state index is 6.13. The predicted octanol–water partition coefficient (Wildman–Crippen LogP) is 4.37. The molecule has 2 unspecified atom stereocenters. The number of nitrogens with zero attached hydrogens (tertiary/aromatic N) is 1. The number of rotatable bonds is 2. The van der Waals surface area contributed by atoms with Crippen LogP contribution in [0.3, 0.4) is 0 Å². The van der Waals surface area contributed by atoms with Crippen LogP contribution in [0.25, 0.3) is 0 Å². The van der Waals surface area contributed by atoms with E-state index in [0.29, 0.717) is 18.5 Å². The number of likely N-dealkylation sites (N-methyl/N-ethyl adjacent to an activating group) is 1. The van der Waals surface area contributed by atoms with Crippen molar-refractivity contribution in [2.45, 2.75) is 45.1 Å². The maximum atomic E-state index is 6.13. The molecule has 0 spiro atoms. The van der Waals surface area contributed by atoms with E-state index in [9.17, 15) is 0 Å². The van der Waals surface area contributed by atoms with Crippen molar-refractivity contribution in [1.82, 2.24) is 4.90 Å². The molecule has 0 radical (unpaired) electrons. The Kier molecular flexibility index (Phi) is 4.54. The van der Waals surface area contributed by atoms with E-state index in [1.165, 1.54) is 27.8 Å². The van der Waals surface area contributed by atoms with E-state index < -0.39 is 0 Å². The second kappa shape index (κ2) is 6.34. The van der Waals surface area contributed by atoms with Crippen LogP contribution in [0.1, 0.15) is 60.5 Å². The standard InChI is InChI=1S/C22H30N2/c1-15-7-6-8-16(11-15)20-14-24(5)21(13-23)19-12-17(22(2,3)4)9-10-18(19)20/h6-12,20-21H,13-14,23H2,1-5H3. The van der Waals surface area contributed by atoms with Crippen LogP contribution in [-0.4, -0.2) is 25.0 Å². The van der Waals surface area contributed by atoms with Gasteiger partial charge >= 0.3 is 0 Å². The molecule has 1 heterocycles. The van der Waals surface area contributed by atoms with Crippen LogP contribution in [0.15, 0.2) is 42.5 Å². The fourth-order valence-corrected chi connectivity index (χ4v) is 3.88. The number of hydrogen-bond donors (Lipinski definition) is 1. The Morgan fingerprint density at radius 3 is 2.46 bits per heavy atom. The Morgan fingerprint density at radius 1 is 1.08 bits per heavy atom. The highest BCUT2D eigenvalue weighted by Crippen LogP contribution is 2.40. The van der Waals surface area contributed by atoms with Crippen molar-refractivity contribution < 1.29 is 0 Å². The van der Waals surface area contributed by atoms with Crippen LogP contribution in [0, 0.1) is 6.92 Å². The Balaban J connectivity index is 2.13.